The van der Waals surface area contributed by atoms with Crippen LogP contribution in [0.3, 0.4) is 0 Å². The molecule has 1 amide bonds. The third-order valence-electron chi connectivity index (χ3n) is 3.13. The molecule has 1 aromatic rings. The highest BCUT2D eigenvalue weighted by Gasteiger charge is 2.44. The summed E-state index contributed by atoms with van der Waals surface area (Å²) in [5, 5.41) is 11.2. The van der Waals surface area contributed by atoms with Crippen molar-refractivity contribution in [2.24, 2.45) is 5.92 Å². The molecule has 0 aromatic heterocycles. The van der Waals surface area contributed by atoms with Crippen molar-refractivity contribution in [1.82, 2.24) is 5.32 Å². The second kappa shape index (κ2) is 5.10. The smallest absolute Gasteiger partial charge is 0.325 e. The van der Waals surface area contributed by atoms with Gasteiger partial charge in [0, 0.05) is 10.4 Å². The summed E-state index contributed by atoms with van der Waals surface area (Å²) < 4.78 is 0.991. The van der Waals surface area contributed by atoms with Crippen LogP contribution in [0.15, 0.2) is 28.7 Å². The fourth-order valence-electron chi connectivity index (χ4n) is 1.97. The van der Waals surface area contributed by atoms with Crippen LogP contribution in [-0.4, -0.2) is 23.0 Å². The Balaban J connectivity index is 1.95. The molecule has 3 atom stereocenters. The number of amides is 1. The largest absolute Gasteiger partial charge is 0.480 e. The van der Waals surface area contributed by atoms with Crippen molar-refractivity contribution in [3.63, 3.8) is 0 Å². The van der Waals surface area contributed by atoms with E-state index in [4.69, 9.17) is 5.11 Å². The van der Waals surface area contributed by atoms with Gasteiger partial charge >= 0.3 is 5.97 Å². The van der Waals surface area contributed by atoms with Crippen molar-refractivity contribution in [3.8, 4) is 0 Å². The molecule has 0 radical (unpaired) electrons. The lowest BCUT2D eigenvalue weighted by Crippen LogP contribution is -2.39. The van der Waals surface area contributed by atoms with Crippen molar-refractivity contribution in [3.05, 3.63) is 34.3 Å². The van der Waals surface area contributed by atoms with Crippen LogP contribution in [0.2, 0.25) is 0 Å². The molecule has 96 valence electrons. The predicted octanol–water partition coefficient (Wildman–Crippen LogP) is 2.14. The van der Waals surface area contributed by atoms with Gasteiger partial charge in [-0.3, -0.25) is 9.59 Å². The Bertz CT molecular complexity index is 489. The number of aliphatic carboxylic acids is 1. The minimum atomic E-state index is -1.01. The van der Waals surface area contributed by atoms with Crippen molar-refractivity contribution in [2.75, 3.05) is 0 Å². The standard InChI is InChI=1S/C13H14BrNO3/c1-7(13(17)18)15-12(16)11-6-10(11)8-3-2-4-9(14)5-8/h2-5,7,10-11H,6H2,1H3,(H,15,16)(H,17,18)/t7-,10?,11?/m1/s1. The van der Waals surface area contributed by atoms with E-state index in [0.29, 0.717) is 0 Å². The van der Waals surface area contributed by atoms with Gasteiger partial charge < -0.3 is 10.4 Å². The molecule has 2 rings (SSSR count). The fourth-order valence-corrected chi connectivity index (χ4v) is 2.39. The Morgan fingerprint density at radius 3 is 2.83 bits per heavy atom. The van der Waals surface area contributed by atoms with E-state index in [2.05, 4.69) is 21.2 Å². The molecule has 1 saturated carbocycles. The van der Waals surface area contributed by atoms with E-state index in [-0.39, 0.29) is 17.7 Å². The maximum Gasteiger partial charge on any atom is 0.325 e. The normalized spacial score (nSPS) is 23.2. The van der Waals surface area contributed by atoms with Gasteiger partial charge in [-0.25, -0.2) is 0 Å². The second-order valence-corrected chi connectivity index (χ2v) is 5.49. The summed E-state index contributed by atoms with van der Waals surface area (Å²) in [5.74, 6) is -1.07. The van der Waals surface area contributed by atoms with Gasteiger partial charge in [-0.15, -0.1) is 0 Å². The minimum absolute atomic E-state index is 0.0962. The van der Waals surface area contributed by atoms with Crippen LogP contribution < -0.4 is 5.32 Å². The van der Waals surface area contributed by atoms with Gasteiger partial charge in [0.1, 0.15) is 6.04 Å². The zero-order valence-electron chi connectivity index (χ0n) is 9.89. The lowest BCUT2D eigenvalue weighted by atomic mass is 10.1. The van der Waals surface area contributed by atoms with Crippen LogP contribution in [0.5, 0.6) is 0 Å². The summed E-state index contributed by atoms with van der Waals surface area (Å²) in [5.41, 5.74) is 1.12. The Labute approximate surface area is 114 Å². The molecule has 1 fully saturated rings. The summed E-state index contributed by atoms with van der Waals surface area (Å²) >= 11 is 3.40. The van der Waals surface area contributed by atoms with Crippen molar-refractivity contribution >= 4 is 27.8 Å². The monoisotopic (exact) mass is 311 g/mol. The van der Waals surface area contributed by atoms with Crippen LogP contribution in [0.1, 0.15) is 24.8 Å². The third-order valence-corrected chi connectivity index (χ3v) is 3.63. The van der Waals surface area contributed by atoms with Crippen LogP contribution in [0, 0.1) is 5.92 Å². The van der Waals surface area contributed by atoms with E-state index in [0.717, 1.165) is 16.5 Å². The van der Waals surface area contributed by atoms with Crippen molar-refractivity contribution < 1.29 is 14.7 Å². The average Bonchev–Trinajstić information content (AvgIpc) is 3.08. The van der Waals surface area contributed by atoms with E-state index in [9.17, 15) is 9.59 Å². The second-order valence-electron chi connectivity index (χ2n) is 4.57. The molecule has 0 heterocycles. The molecular formula is C13H14BrNO3. The third kappa shape index (κ3) is 2.90. The van der Waals surface area contributed by atoms with Crippen LogP contribution in [0.25, 0.3) is 0 Å². The van der Waals surface area contributed by atoms with E-state index >= 15 is 0 Å². The number of carbonyl (C=O) groups excluding carboxylic acids is 1. The molecule has 0 saturated heterocycles. The van der Waals surface area contributed by atoms with E-state index in [1.165, 1.54) is 6.92 Å². The molecule has 5 heteroatoms. The predicted molar refractivity (Wildman–Crippen MR) is 70.2 cm³/mol. The van der Waals surface area contributed by atoms with Crippen LogP contribution in [0.4, 0.5) is 0 Å². The van der Waals surface area contributed by atoms with Gasteiger partial charge in [-0.2, -0.15) is 0 Å². The lowest BCUT2D eigenvalue weighted by Gasteiger charge is -2.08. The average molecular weight is 312 g/mol. The number of rotatable bonds is 4. The summed E-state index contributed by atoms with van der Waals surface area (Å²) in [4.78, 5) is 22.5. The fraction of sp³-hybridized carbons (Fsp3) is 0.385. The topological polar surface area (TPSA) is 66.4 Å². The summed E-state index contributed by atoms with van der Waals surface area (Å²) in [6, 6.07) is 7.03. The van der Waals surface area contributed by atoms with Crippen LogP contribution >= 0.6 is 15.9 Å². The van der Waals surface area contributed by atoms with Crippen molar-refractivity contribution in [1.29, 1.82) is 0 Å². The molecule has 1 aliphatic carbocycles. The van der Waals surface area contributed by atoms with Gasteiger partial charge in [0.25, 0.3) is 0 Å². The molecule has 2 N–H and O–H groups in total. The maximum absolute atomic E-state index is 11.8. The first-order valence-electron chi connectivity index (χ1n) is 5.77. The molecule has 1 aromatic carbocycles. The van der Waals surface area contributed by atoms with Gasteiger partial charge in [0.05, 0.1) is 0 Å². The highest BCUT2D eigenvalue weighted by molar-refractivity contribution is 9.10. The van der Waals surface area contributed by atoms with E-state index < -0.39 is 12.0 Å². The summed E-state index contributed by atoms with van der Waals surface area (Å²) in [6.07, 6.45) is 0.786. The van der Waals surface area contributed by atoms with Crippen molar-refractivity contribution in [2.45, 2.75) is 25.3 Å². The Morgan fingerprint density at radius 2 is 2.22 bits per heavy atom. The quantitative estimate of drug-likeness (QED) is 0.895. The van der Waals surface area contributed by atoms with E-state index in [1.807, 2.05) is 24.3 Å². The molecule has 18 heavy (non-hydrogen) atoms. The van der Waals surface area contributed by atoms with Gasteiger partial charge in [0.15, 0.2) is 0 Å². The maximum atomic E-state index is 11.8. The zero-order valence-corrected chi connectivity index (χ0v) is 11.5. The lowest BCUT2D eigenvalue weighted by molar-refractivity contribution is -0.141. The molecule has 1 aliphatic rings. The number of halogens is 1. The highest BCUT2D eigenvalue weighted by atomic mass is 79.9. The molecule has 2 unspecified atom stereocenters. The molecule has 4 nitrogen and oxygen atoms in total. The minimum Gasteiger partial charge on any atom is -0.480 e. The number of carbonyl (C=O) groups is 2. The number of hydrogen-bond acceptors (Lipinski definition) is 2. The first-order valence-corrected chi connectivity index (χ1v) is 6.57. The Morgan fingerprint density at radius 1 is 1.50 bits per heavy atom. The first-order chi connectivity index (χ1) is 8.49. The highest BCUT2D eigenvalue weighted by Crippen LogP contribution is 2.47. The molecular weight excluding hydrogens is 298 g/mol. The molecule has 0 spiro atoms. The number of hydrogen-bond donors (Lipinski definition) is 2. The number of carboxylic acids is 1. The number of nitrogens with one attached hydrogen (secondary N) is 1. The first kappa shape index (κ1) is 13.1. The summed E-state index contributed by atoms with van der Waals surface area (Å²) in [6.45, 7) is 1.47. The molecule has 0 bridgehead atoms. The van der Waals surface area contributed by atoms with Gasteiger partial charge in [0.2, 0.25) is 5.91 Å². The molecule has 0 aliphatic heterocycles. The zero-order chi connectivity index (χ0) is 13.3. The summed E-state index contributed by atoms with van der Waals surface area (Å²) in [7, 11) is 0. The number of carboxylic acid groups (broad SMARTS) is 1. The Hall–Kier alpha value is -1.36. The van der Waals surface area contributed by atoms with Crippen LogP contribution in [-0.2, 0) is 9.59 Å². The Kier molecular flexibility index (Phi) is 3.71. The SMILES string of the molecule is C[C@@H](NC(=O)C1CC1c1cccc(Br)c1)C(=O)O. The van der Waals surface area contributed by atoms with Gasteiger partial charge in [-0.1, -0.05) is 28.1 Å². The van der Waals surface area contributed by atoms with E-state index in [1.54, 1.807) is 0 Å². The number of benzene rings is 1. The van der Waals surface area contributed by atoms with Gasteiger partial charge in [-0.05, 0) is 37.0 Å².